The second-order valence-corrected chi connectivity index (χ2v) is 5.47. The summed E-state index contributed by atoms with van der Waals surface area (Å²) in [4.78, 5) is 9.21. The summed E-state index contributed by atoms with van der Waals surface area (Å²) in [5.74, 6) is -0.289. The van der Waals surface area contributed by atoms with Gasteiger partial charge in [0.25, 0.3) is 0 Å². The predicted molar refractivity (Wildman–Crippen MR) is 77.8 cm³/mol. The van der Waals surface area contributed by atoms with E-state index >= 15 is 0 Å². The molecule has 1 aromatic heterocycles. The van der Waals surface area contributed by atoms with E-state index in [9.17, 15) is 13.2 Å². The number of fused-ring (bicyclic) bond motifs is 1. The molecule has 0 atom stereocenters. The van der Waals surface area contributed by atoms with Crippen LogP contribution in [0.2, 0.25) is 0 Å². The number of methoxy groups -OCH3 is 1. The van der Waals surface area contributed by atoms with Crippen molar-refractivity contribution in [2.45, 2.75) is 25.7 Å². The number of alkyl halides is 3. The summed E-state index contributed by atoms with van der Waals surface area (Å²) in [5, 5.41) is 0. The number of benzene rings is 1. The van der Waals surface area contributed by atoms with Crippen molar-refractivity contribution in [3.05, 3.63) is 53.1 Å². The molecule has 7 heteroatoms. The third kappa shape index (κ3) is 3.61. The van der Waals surface area contributed by atoms with E-state index in [2.05, 4.69) is 14.9 Å². The van der Waals surface area contributed by atoms with E-state index in [1.165, 1.54) is 6.20 Å². The van der Waals surface area contributed by atoms with Gasteiger partial charge in [-0.3, -0.25) is 4.90 Å². The van der Waals surface area contributed by atoms with Crippen molar-refractivity contribution in [2.75, 3.05) is 13.7 Å². The fourth-order valence-electron chi connectivity index (χ4n) is 2.62. The Kier molecular flexibility index (Phi) is 4.21. The van der Waals surface area contributed by atoms with Crippen LogP contribution in [0.5, 0.6) is 5.75 Å². The molecule has 0 spiro atoms. The van der Waals surface area contributed by atoms with Crippen LogP contribution in [0.1, 0.15) is 22.6 Å². The van der Waals surface area contributed by atoms with Gasteiger partial charge in [0.2, 0.25) is 5.82 Å². The van der Waals surface area contributed by atoms with Crippen molar-refractivity contribution in [3.8, 4) is 5.75 Å². The van der Waals surface area contributed by atoms with Crippen LogP contribution in [0.25, 0.3) is 0 Å². The van der Waals surface area contributed by atoms with E-state index in [-0.39, 0.29) is 0 Å². The third-order valence-corrected chi connectivity index (χ3v) is 3.84. The lowest BCUT2D eigenvalue weighted by atomic mass is 10.1. The predicted octanol–water partition coefficient (Wildman–Crippen LogP) is 3.06. The van der Waals surface area contributed by atoms with Crippen LogP contribution in [0.15, 0.2) is 30.5 Å². The van der Waals surface area contributed by atoms with Gasteiger partial charge in [-0.2, -0.15) is 13.2 Å². The highest BCUT2D eigenvalue weighted by atomic mass is 19.4. The molecule has 23 heavy (non-hydrogen) atoms. The summed E-state index contributed by atoms with van der Waals surface area (Å²) in [5.41, 5.74) is 2.34. The summed E-state index contributed by atoms with van der Waals surface area (Å²) in [6.45, 7) is 1.83. The average molecular weight is 323 g/mol. The maximum absolute atomic E-state index is 12.7. The Morgan fingerprint density at radius 1 is 1.22 bits per heavy atom. The minimum atomic E-state index is -4.51. The molecular weight excluding hydrogens is 307 g/mol. The number of rotatable bonds is 3. The van der Waals surface area contributed by atoms with Gasteiger partial charge in [0.05, 0.1) is 12.8 Å². The van der Waals surface area contributed by atoms with Gasteiger partial charge >= 0.3 is 6.18 Å². The SMILES string of the molecule is COc1ccc(CN2CCc3cnc(C(F)(F)F)nc3C2)cc1. The van der Waals surface area contributed by atoms with Crippen LogP contribution >= 0.6 is 0 Å². The molecule has 0 fully saturated rings. The van der Waals surface area contributed by atoms with Crippen molar-refractivity contribution in [1.82, 2.24) is 14.9 Å². The number of ether oxygens (including phenoxy) is 1. The molecule has 0 amide bonds. The van der Waals surface area contributed by atoms with Crippen molar-refractivity contribution in [1.29, 1.82) is 0 Å². The minimum absolute atomic E-state index is 0.396. The molecule has 1 aliphatic heterocycles. The highest BCUT2D eigenvalue weighted by Crippen LogP contribution is 2.28. The molecule has 122 valence electrons. The lowest BCUT2D eigenvalue weighted by Crippen LogP contribution is -2.31. The molecule has 2 heterocycles. The first-order chi connectivity index (χ1) is 11.0. The van der Waals surface area contributed by atoms with E-state index in [4.69, 9.17) is 4.74 Å². The molecule has 0 N–H and O–H groups in total. The highest BCUT2D eigenvalue weighted by Gasteiger charge is 2.35. The zero-order chi connectivity index (χ0) is 16.4. The lowest BCUT2D eigenvalue weighted by Gasteiger charge is -2.28. The molecule has 2 aromatic rings. The molecule has 3 rings (SSSR count). The Morgan fingerprint density at radius 2 is 1.96 bits per heavy atom. The number of halogens is 3. The Labute approximate surface area is 131 Å². The first-order valence-electron chi connectivity index (χ1n) is 7.23. The summed E-state index contributed by atoms with van der Waals surface area (Å²) < 4.78 is 43.3. The second-order valence-electron chi connectivity index (χ2n) is 5.47. The molecular formula is C16H16F3N3O. The molecule has 0 radical (unpaired) electrons. The van der Waals surface area contributed by atoms with Gasteiger partial charge in [0, 0.05) is 25.8 Å². The van der Waals surface area contributed by atoms with Crippen LogP contribution in [0.4, 0.5) is 13.2 Å². The van der Waals surface area contributed by atoms with E-state index in [1.807, 2.05) is 24.3 Å². The lowest BCUT2D eigenvalue weighted by molar-refractivity contribution is -0.145. The van der Waals surface area contributed by atoms with Gasteiger partial charge in [-0.15, -0.1) is 0 Å². The van der Waals surface area contributed by atoms with Crippen LogP contribution in [-0.2, 0) is 25.7 Å². The van der Waals surface area contributed by atoms with Gasteiger partial charge in [0.15, 0.2) is 0 Å². The van der Waals surface area contributed by atoms with E-state index in [0.717, 1.165) is 23.4 Å². The number of aromatic nitrogens is 2. The summed E-state index contributed by atoms with van der Waals surface area (Å²) in [6.07, 6.45) is -2.55. The summed E-state index contributed by atoms with van der Waals surface area (Å²) in [6, 6.07) is 7.65. The van der Waals surface area contributed by atoms with Gasteiger partial charge in [-0.25, -0.2) is 9.97 Å². The van der Waals surface area contributed by atoms with Crippen LogP contribution in [0, 0.1) is 0 Å². The van der Waals surface area contributed by atoms with E-state index in [0.29, 0.717) is 25.2 Å². The molecule has 0 aliphatic carbocycles. The maximum atomic E-state index is 12.7. The number of hydrogen-bond donors (Lipinski definition) is 0. The van der Waals surface area contributed by atoms with Gasteiger partial charge < -0.3 is 4.74 Å². The van der Waals surface area contributed by atoms with Gasteiger partial charge in [0.1, 0.15) is 5.75 Å². The average Bonchev–Trinajstić information content (AvgIpc) is 2.54. The normalized spacial score (nSPS) is 15.3. The summed E-state index contributed by atoms with van der Waals surface area (Å²) >= 11 is 0. The topological polar surface area (TPSA) is 38.2 Å². The van der Waals surface area contributed by atoms with Gasteiger partial charge in [-0.1, -0.05) is 12.1 Å². The van der Waals surface area contributed by atoms with Crippen molar-refractivity contribution in [3.63, 3.8) is 0 Å². The molecule has 1 aliphatic rings. The van der Waals surface area contributed by atoms with Crippen molar-refractivity contribution < 1.29 is 17.9 Å². The minimum Gasteiger partial charge on any atom is -0.497 e. The standard InChI is InChI=1S/C16H16F3N3O/c1-23-13-4-2-11(3-5-13)9-22-7-6-12-8-20-15(16(17,18)19)21-14(12)10-22/h2-5,8H,6-7,9-10H2,1H3. The van der Waals surface area contributed by atoms with E-state index < -0.39 is 12.0 Å². The zero-order valence-electron chi connectivity index (χ0n) is 12.6. The second kappa shape index (κ2) is 6.16. The Morgan fingerprint density at radius 3 is 2.61 bits per heavy atom. The molecule has 0 saturated carbocycles. The first kappa shape index (κ1) is 15.7. The van der Waals surface area contributed by atoms with Crippen LogP contribution < -0.4 is 4.74 Å². The molecule has 0 bridgehead atoms. The van der Waals surface area contributed by atoms with E-state index in [1.54, 1.807) is 7.11 Å². The molecule has 0 saturated heterocycles. The van der Waals surface area contributed by atoms with Crippen LogP contribution in [0.3, 0.4) is 0 Å². The quantitative estimate of drug-likeness (QED) is 0.870. The number of nitrogens with zero attached hydrogens (tertiary/aromatic N) is 3. The number of hydrogen-bond acceptors (Lipinski definition) is 4. The first-order valence-corrected chi connectivity index (χ1v) is 7.23. The Bertz CT molecular complexity index is 686. The fraction of sp³-hybridized carbons (Fsp3) is 0.375. The molecule has 1 aromatic carbocycles. The maximum Gasteiger partial charge on any atom is 0.451 e. The highest BCUT2D eigenvalue weighted by molar-refractivity contribution is 5.27. The third-order valence-electron chi connectivity index (χ3n) is 3.84. The zero-order valence-corrected chi connectivity index (χ0v) is 12.6. The molecule has 0 unspecified atom stereocenters. The van der Waals surface area contributed by atoms with Crippen LogP contribution in [-0.4, -0.2) is 28.5 Å². The molecule has 4 nitrogen and oxygen atoms in total. The fourth-order valence-corrected chi connectivity index (χ4v) is 2.62. The Balaban J connectivity index is 1.73. The van der Waals surface area contributed by atoms with Crippen molar-refractivity contribution in [2.24, 2.45) is 0 Å². The Hall–Kier alpha value is -2.15. The smallest absolute Gasteiger partial charge is 0.451 e. The monoisotopic (exact) mass is 323 g/mol. The van der Waals surface area contributed by atoms with Gasteiger partial charge in [-0.05, 0) is 29.7 Å². The summed E-state index contributed by atoms with van der Waals surface area (Å²) in [7, 11) is 1.61. The largest absolute Gasteiger partial charge is 0.497 e. The van der Waals surface area contributed by atoms with Crippen molar-refractivity contribution >= 4 is 0 Å².